The number of fused-ring (bicyclic) bond motifs is 1. The molecule has 3 heterocycles. The Morgan fingerprint density at radius 3 is 2.81 bits per heavy atom. The molecule has 4 atom stereocenters. The Hall–Kier alpha value is -1.46. The SMILES string of the molecule is Nc1ncnc2c1ncn2[C@@H]1O[C@H](CO)[C@@H](O)[C@H]1OCCCCCCS. The summed E-state index contributed by atoms with van der Waals surface area (Å²) >= 11 is 4.20. The van der Waals surface area contributed by atoms with Crippen LogP contribution in [0, 0.1) is 0 Å². The van der Waals surface area contributed by atoms with Gasteiger partial charge in [0.1, 0.15) is 30.2 Å². The van der Waals surface area contributed by atoms with Crippen molar-refractivity contribution in [3.8, 4) is 0 Å². The van der Waals surface area contributed by atoms with Gasteiger partial charge in [-0.15, -0.1) is 0 Å². The molecule has 2 aromatic rings. The molecule has 3 rings (SSSR count). The Labute approximate surface area is 157 Å². The quantitative estimate of drug-likeness (QED) is 0.365. The Kier molecular flexibility index (Phi) is 6.65. The van der Waals surface area contributed by atoms with E-state index in [9.17, 15) is 10.2 Å². The van der Waals surface area contributed by atoms with Crippen LogP contribution in [0.3, 0.4) is 0 Å². The molecule has 0 amide bonds. The van der Waals surface area contributed by atoms with Gasteiger partial charge in [-0.05, 0) is 18.6 Å². The van der Waals surface area contributed by atoms with Crippen molar-refractivity contribution in [2.24, 2.45) is 0 Å². The molecule has 0 radical (unpaired) electrons. The number of thiol groups is 1. The zero-order chi connectivity index (χ0) is 18.5. The van der Waals surface area contributed by atoms with Gasteiger partial charge in [-0.3, -0.25) is 4.57 Å². The monoisotopic (exact) mass is 383 g/mol. The summed E-state index contributed by atoms with van der Waals surface area (Å²) in [5, 5.41) is 20.0. The van der Waals surface area contributed by atoms with E-state index >= 15 is 0 Å². The van der Waals surface area contributed by atoms with Crippen molar-refractivity contribution in [3.63, 3.8) is 0 Å². The van der Waals surface area contributed by atoms with Crippen molar-refractivity contribution in [1.82, 2.24) is 19.5 Å². The fourth-order valence-corrected chi connectivity index (χ4v) is 3.34. The summed E-state index contributed by atoms with van der Waals surface area (Å²) in [5.41, 5.74) is 6.79. The van der Waals surface area contributed by atoms with E-state index < -0.39 is 24.5 Å². The molecule has 0 saturated carbocycles. The Bertz CT molecular complexity index is 715. The van der Waals surface area contributed by atoms with Crippen LogP contribution < -0.4 is 5.73 Å². The topological polar surface area (TPSA) is 129 Å². The van der Waals surface area contributed by atoms with Gasteiger partial charge >= 0.3 is 0 Å². The third-order valence-electron chi connectivity index (χ3n) is 4.52. The van der Waals surface area contributed by atoms with Crippen LogP contribution in [0.1, 0.15) is 31.9 Å². The summed E-state index contributed by atoms with van der Waals surface area (Å²) in [5.74, 6) is 1.15. The lowest BCUT2D eigenvalue weighted by Gasteiger charge is -2.22. The number of anilines is 1. The minimum Gasteiger partial charge on any atom is -0.394 e. The molecule has 1 aliphatic rings. The Morgan fingerprint density at radius 1 is 1.23 bits per heavy atom. The molecule has 9 nitrogen and oxygen atoms in total. The number of nitrogen functional groups attached to an aromatic ring is 1. The van der Waals surface area contributed by atoms with E-state index in [4.69, 9.17) is 15.2 Å². The van der Waals surface area contributed by atoms with Gasteiger partial charge in [0.25, 0.3) is 0 Å². The highest BCUT2D eigenvalue weighted by molar-refractivity contribution is 7.80. The van der Waals surface area contributed by atoms with E-state index in [-0.39, 0.29) is 12.4 Å². The molecular weight excluding hydrogens is 358 g/mol. The lowest BCUT2D eigenvalue weighted by atomic mass is 10.1. The maximum Gasteiger partial charge on any atom is 0.167 e. The molecule has 1 fully saturated rings. The van der Waals surface area contributed by atoms with Gasteiger partial charge in [0.2, 0.25) is 0 Å². The second-order valence-electron chi connectivity index (χ2n) is 6.29. The number of aliphatic hydroxyl groups is 2. The Morgan fingerprint density at radius 2 is 2.04 bits per heavy atom. The van der Waals surface area contributed by atoms with Crippen molar-refractivity contribution in [2.45, 2.75) is 50.2 Å². The summed E-state index contributed by atoms with van der Waals surface area (Å²) in [6.07, 6.45) is 4.02. The average molecular weight is 383 g/mol. The summed E-state index contributed by atoms with van der Waals surface area (Å²) < 4.78 is 13.4. The van der Waals surface area contributed by atoms with Crippen molar-refractivity contribution in [3.05, 3.63) is 12.7 Å². The van der Waals surface area contributed by atoms with Gasteiger partial charge in [-0.1, -0.05) is 12.8 Å². The van der Waals surface area contributed by atoms with Gasteiger partial charge in [0, 0.05) is 6.61 Å². The summed E-state index contributed by atoms with van der Waals surface area (Å²) in [7, 11) is 0. The minimum absolute atomic E-state index is 0.271. The van der Waals surface area contributed by atoms with Crippen LogP contribution in [0.5, 0.6) is 0 Å². The predicted molar refractivity (Wildman–Crippen MR) is 98.8 cm³/mol. The number of rotatable bonds is 9. The fourth-order valence-electron chi connectivity index (χ4n) is 3.12. The van der Waals surface area contributed by atoms with Crippen LogP contribution in [0.25, 0.3) is 11.2 Å². The van der Waals surface area contributed by atoms with Crippen molar-refractivity contribution < 1.29 is 19.7 Å². The van der Waals surface area contributed by atoms with E-state index in [0.717, 1.165) is 31.4 Å². The fraction of sp³-hybridized carbons (Fsp3) is 0.688. The lowest BCUT2D eigenvalue weighted by molar-refractivity contribution is -0.0711. The van der Waals surface area contributed by atoms with Crippen molar-refractivity contribution in [1.29, 1.82) is 0 Å². The first-order valence-electron chi connectivity index (χ1n) is 8.77. The van der Waals surface area contributed by atoms with Gasteiger partial charge < -0.3 is 25.4 Å². The number of hydrogen-bond donors (Lipinski definition) is 4. The molecule has 1 aliphatic heterocycles. The summed E-state index contributed by atoms with van der Waals surface area (Å²) in [6, 6.07) is 0. The number of nitrogens with two attached hydrogens (primary N) is 1. The normalized spacial score (nSPS) is 26.0. The van der Waals surface area contributed by atoms with E-state index in [2.05, 4.69) is 27.6 Å². The molecule has 1 saturated heterocycles. The molecular formula is C16H25N5O4S. The van der Waals surface area contributed by atoms with Crippen LogP contribution in [-0.4, -0.2) is 67.0 Å². The zero-order valence-corrected chi connectivity index (χ0v) is 15.3. The molecule has 0 aliphatic carbocycles. The highest BCUT2D eigenvalue weighted by Crippen LogP contribution is 2.34. The van der Waals surface area contributed by atoms with Crippen LogP contribution in [-0.2, 0) is 9.47 Å². The lowest BCUT2D eigenvalue weighted by Crippen LogP contribution is -2.35. The molecule has 144 valence electrons. The minimum atomic E-state index is -0.945. The first kappa shape index (κ1) is 19.3. The van der Waals surface area contributed by atoms with E-state index in [1.54, 1.807) is 4.57 Å². The first-order chi connectivity index (χ1) is 12.7. The molecule has 0 spiro atoms. The molecule has 0 aromatic carbocycles. The Balaban J connectivity index is 1.73. The largest absolute Gasteiger partial charge is 0.394 e. The summed E-state index contributed by atoms with van der Waals surface area (Å²) in [4.78, 5) is 12.4. The predicted octanol–water partition coefficient (Wildman–Crippen LogP) is 0.534. The van der Waals surface area contributed by atoms with Gasteiger partial charge in [0.05, 0.1) is 12.9 Å². The third-order valence-corrected chi connectivity index (χ3v) is 4.83. The second-order valence-corrected chi connectivity index (χ2v) is 6.74. The highest BCUT2D eigenvalue weighted by Gasteiger charge is 2.45. The van der Waals surface area contributed by atoms with Crippen LogP contribution >= 0.6 is 12.6 Å². The van der Waals surface area contributed by atoms with Crippen molar-refractivity contribution in [2.75, 3.05) is 24.7 Å². The maximum absolute atomic E-state index is 10.5. The number of nitrogens with zero attached hydrogens (tertiary/aromatic N) is 4. The molecule has 10 heteroatoms. The average Bonchev–Trinajstić information content (AvgIpc) is 3.20. The van der Waals surface area contributed by atoms with Gasteiger partial charge in [0.15, 0.2) is 17.7 Å². The number of aromatic nitrogens is 4. The van der Waals surface area contributed by atoms with E-state index in [1.165, 1.54) is 12.7 Å². The number of aliphatic hydroxyl groups excluding tert-OH is 2. The first-order valence-corrected chi connectivity index (χ1v) is 9.40. The van der Waals surface area contributed by atoms with Crippen LogP contribution in [0.15, 0.2) is 12.7 Å². The molecule has 0 bridgehead atoms. The standard InChI is InChI=1S/C16H25N5O4S/c17-14-11-15(19-8-18-14)21(9-20-11)16-13(12(23)10(7-22)25-16)24-5-3-1-2-4-6-26/h8-10,12-13,16,22-23,26H,1-7H2,(H2,17,18,19)/t10-,12-,13-,16-/m1/s1. The molecule has 4 N–H and O–H groups in total. The number of hydrogen-bond acceptors (Lipinski definition) is 9. The highest BCUT2D eigenvalue weighted by atomic mass is 32.1. The van der Waals surface area contributed by atoms with E-state index in [1.807, 2.05) is 0 Å². The zero-order valence-electron chi connectivity index (χ0n) is 14.4. The molecule has 26 heavy (non-hydrogen) atoms. The molecule has 0 unspecified atom stereocenters. The van der Waals surface area contributed by atoms with Crippen LogP contribution in [0.2, 0.25) is 0 Å². The number of ether oxygens (including phenoxy) is 2. The van der Waals surface area contributed by atoms with Crippen molar-refractivity contribution >= 4 is 29.6 Å². The van der Waals surface area contributed by atoms with Crippen LogP contribution in [0.4, 0.5) is 5.82 Å². The maximum atomic E-state index is 10.5. The van der Waals surface area contributed by atoms with E-state index in [0.29, 0.717) is 17.8 Å². The second kappa shape index (κ2) is 8.96. The number of unbranched alkanes of at least 4 members (excludes halogenated alkanes) is 3. The number of imidazole rings is 1. The smallest absolute Gasteiger partial charge is 0.167 e. The molecule has 2 aromatic heterocycles. The summed E-state index contributed by atoms with van der Waals surface area (Å²) in [6.45, 7) is 0.194. The third kappa shape index (κ3) is 3.94. The van der Waals surface area contributed by atoms with Gasteiger partial charge in [-0.2, -0.15) is 12.6 Å². The van der Waals surface area contributed by atoms with Gasteiger partial charge in [-0.25, -0.2) is 15.0 Å².